The Morgan fingerprint density at radius 3 is 3.13 bits per heavy atom. The highest BCUT2D eigenvalue weighted by Crippen LogP contribution is 2.11. The van der Waals surface area contributed by atoms with Crippen molar-refractivity contribution < 1.29 is 0 Å². The molecule has 0 aliphatic rings. The lowest BCUT2D eigenvalue weighted by atomic mass is 10.2. The second kappa shape index (κ2) is 4.59. The summed E-state index contributed by atoms with van der Waals surface area (Å²) in [7, 11) is 0. The van der Waals surface area contributed by atoms with Gasteiger partial charge >= 0.3 is 0 Å². The maximum absolute atomic E-state index is 5.72. The molecule has 0 bridgehead atoms. The number of imidazole rings is 1. The topological polar surface area (TPSA) is 43.8 Å². The van der Waals surface area contributed by atoms with Crippen LogP contribution in [-0.2, 0) is 13.0 Å². The molecule has 0 spiro atoms. The lowest BCUT2D eigenvalue weighted by Gasteiger charge is -2.00. The first-order valence-electron chi connectivity index (χ1n) is 5.02. The van der Waals surface area contributed by atoms with E-state index in [0.29, 0.717) is 0 Å². The molecule has 0 saturated heterocycles. The summed E-state index contributed by atoms with van der Waals surface area (Å²) in [6.45, 7) is 2.90. The lowest BCUT2D eigenvalue weighted by molar-refractivity contribution is 0.723. The Kier molecular flexibility index (Phi) is 3.18. The van der Waals surface area contributed by atoms with Gasteiger partial charge in [0.15, 0.2) is 0 Å². The summed E-state index contributed by atoms with van der Waals surface area (Å²) in [4.78, 5) is 5.67. The average molecular weight is 221 g/mol. The van der Waals surface area contributed by atoms with E-state index in [1.807, 2.05) is 13.3 Å². The second-order valence-corrected chi connectivity index (χ2v) is 4.83. The number of aromatic nitrogens is 2. The number of hydrogen-bond donors (Lipinski definition) is 1. The van der Waals surface area contributed by atoms with Crippen molar-refractivity contribution in [3.63, 3.8) is 0 Å². The fourth-order valence-electron chi connectivity index (χ4n) is 1.51. The molecule has 3 nitrogen and oxygen atoms in total. The summed E-state index contributed by atoms with van der Waals surface area (Å²) in [5.41, 5.74) is 6.79. The van der Waals surface area contributed by atoms with E-state index in [-0.39, 0.29) is 6.04 Å². The van der Waals surface area contributed by atoms with E-state index in [4.69, 9.17) is 5.73 Å². The quantitative estimate of drug-likeness (QED) is 0.856. The third kappa shape index (κ3) is 2.91. The molecule has 1 unspecified atom stereocenters. The molecule has 15 heavy (non-hydrogen) atoms. The monoisotopic (exact) mass is 221 g/mol. The van der Waals surface area contributed by atoms with Gasteiger partial charge in [0.1, 0.15) is 0 Å². The molecule has 0 fully saturated rings. The van der Waals surface area contributed by atoms with Gasteiger partial charge in [0.2, 0.25) is 0 Å². The van der Waals surface area contributed by atoms with Gasteiger partial charge in [0, 0.05) is 23.5 Å². The van der Waals surface area contributed by atoms with Gasteiger partial charge in [-0.05, 0) is 18.4 Å². The second-order valence-electron chi connectivity index (χ2n) is 3.80. The molecule has 0 aliphatic carbocycles. The summed E-state index contributed by atoms with van der Waals surface area (Å²) >= 11 is 1.77. The molecule has 0 saturated carbocycles. The van der Waals surface area contributed by atoms with Crippen LogP contribution in [-0.4, -0.2) is 15.6 Å². The zero-order valence-electron chi connectivity index (χ0n) is 8.76. The number of thiophene rings is 1. The number of nitrogens with zero attached hydrogens (tertiary/aromatic N) is 2. The van der Waals surface area contributed by atoms with Crippen LogP contribution in [0.4, 0.5) is 0 Å². The molecular weight excluding hydrogens is 206 g/mol. The Bertz CT molecular complexity index is 403. The predicted molar refractivity (Wildman–Crippen MR) is 63.0 cm³/mol. The van der Waals surface area contributed by atoms with Crippen molar-refractivity contribution in [1.29, 1.82) is 0 Å². The summed E-state index contributed by atoms with van der Waals surface area (Å²) in [5.74, 6) is 0. The van der Waals surface area contributed by atoms with E-state index >= 15 is 0 Å². The molecule has 0 amide bonds. The van der Waals surface area contributed by atoms with Crippen LogP contribution in [0.1, 0.15) is 17.5 Å². The lowest BCUT2D eigenvalue weighted by Crippen LogP contribution is -2.17. The van der Waals surface area contributed by atoms with Gasteiger partial charge in [0.05, 0.1) is 18.6 Å². The molecule has 0 radical (unpaired) electrons. The van der Waals surface area contributed by atoms with Crippen LogP contribution in [0.25, 0.3) is 0 Å². The van der Waals surface area contributed by atoms with Gasteiger partial charge < -0.3 is 10.3 Å². The van der Waals surface area contributed by atoms with Crippen LogP contribution < -0.4 is 5.73 Å². The van der Waals surface area contributed by atoms with Crippen molar-refractivity contribution >= 4 is 11.3 Å². The van der Waals surface area contributed by atoms with Crippen molar-refractivity contribution in [1.82, 2.24) is 9.55 Å². The highest BCUT2D eigenvalue weighted by molar-refractivity contribution is 7.09. The van der Waals surface area contributed by atoms with Crippen molar-refractivity contribution in [2.75, 3.05) is 0 Å². The molecule has 2 aromatic heterocycles. The minimum absolute atomic E-state index is 0.176. The van der Waals surface area contributed by atoms with E-state index in [0.717, 1.165) is 18.7 Å². The molecule has 0 aromatic carbocycles. The Hall–Kier alpha value is -1.13. The van der Waals surface area contributed by atoms with Crippen LogP contribution in [0.3, 0.4) is 0 Å². The first kappa shape index (κ1) is 10.4. The summed E-state index contributed by atoms with van der Waals surface area (Å²) < 4.78 is 2.10. The summed E-state index contributed by atoms with van der Waals surface area (Å²) in [6.07, 6.45) is 4.79. The fraction of sp³-hybridized carbons (Fsp3) is 0.364. The van der Waals surface area contributed by atoms with Gasteiger partial charge in [-0.25, -0.2) is 4.98 Å². The van der Waals surface area contributed by atoms with E-state index in [2.05, 4.69) is 33.3 Å². The third-order valence-corrected chi connectivity index (χ3v) is 3.00. The van der Waals surface area contributed by atoms with Crippen molar-refractivity contribution in [3.05, 3.63) is 40.6 Å². The maximum Gasteiger partial charge on any atom is 0.0952 e. The van der Waals surface area contributed by atoms with Crippen LogP contribution in [0.15, 0.2) is 30.0 Å². The highest BCUT2D eigenvalue weighted by Gasteiger charge is 2.02. The minimum Gasteiger partial charge on any atom is -0.332 e. The van der Waals surface area contributed by atoms with E-state index in [9.17, 15) is 0 Å². The molecule has 2 heterocycles. The maximum atomic E-state index is 5.72. The molecule has 0 aliphatic heterocycles. The third-order valence-electron chi connectivity index (χ3n) is 2.14. The Morgan fingerprint density at radius 1 is 1.60 bits per heavy atom. The van der Waals surface area contributed by atoms with Crippen LogP contribution >= 0.6 is 11.3 Å². The smallest absolute Gasteiger partial charge is 0.0952 e. The van der Waals surface area contributed by atoms with Gasteiger partial charge in [-0.15, -0.1) is 11.3 Å². The molecule has 4 heteroatoms. The SMILES string of the molecule is CC(N)Cc1cn(Cc2cccs2)cn1. The minimum atomic E-state index is 0.176. The van der Waals surface area contributed by atoms with E-state index in [1.165, 1.54) is 4.88 Å². The number of hydrogen-bond acceptors (Lipinski definition) is 3. The van der Waals surface area contributed by atoms with Gasteiger partial charge in [0.25, 0.3) is 0 Å². The van der Waals surface area contributed by atoms with Crippen LogP contribution in [0, 0.1) is 0 Å². The van der Waals surface area contributed by atoms with Crippen LogP contribution in [0.5, 0.6) is 0 Å². The zero-order valence-corrected chi connectivity index (χ0v) is 9.57. The van der Waals surface area contributed by atoms with Crippen molar-refractivity contribution in [3.8, 4) is 0 Å². The zero-order chi connectivity index (χ0) is 10.7. The molecule has 2 aromatic rings. The van der Waals surface area contributed by atoms with Gasteiger partial charge in [-0.1, -0.05) is 6.07 Å². The van der Waals surface area contributed by atoms with Crippen molar-refractivity contribution in [2.24, 2.45) is 5.73 Å². The fourth-order valence-corrected chi connectivity index (χ4v) is 2.22. The van der Waals surface area contributed by atoms with Crippen LogP contribution in [0.2, 0.25) is 0 Å². The average Bonchev–Trinajstić information content (AvgIpc) is 2.77. The Morgan fingerprint density at radius 2 is 2.47 bits per heavy atom. The molecule has 80 valence electrons. The molecular formula is C11H15N3S. The highest BCUT2D eigenvalue weighted by atomic mass is 32.1. The first-order chi connectivity index (χ1) is 7.24. The first-order valence-corrected chi connectivity index (χ1v) is 5.90. The standard InChI is InChI=1S/C11H15N3S/c1-9(12)5-10-6-14(8-13-10)7-11-3-2-4-15-11/h2-4,6,8-9H,5,7,12H2,1H3. The van der Waals surface area contributed by atoms with Crippen molar-refractivity contribution in [2.45, 2.75) is 25.9 Å². The Labute approximate surface area is 93.6 Å². The largest absolute Gasteiger partial charge is 0.332 e. The van der Waals surface area contributed by atoms with E-state index in [1.54, 1.807) is 11.3 Å². The molecule has 2 rings (SSSR count). The molecule has 2 N–H and O–H groups in total. The Balaban J connectivity index is 2.01. The number of rotatable bonds is 4. The van der Waals surface area contributed by atoms with Gasteiger partial charge in [-0.2, -0.15) is 0 Å². The van der Waals surface area contributed by atoms with Gasteiger partial charge in [-0.3, -0.25) is 0 Å². The summed E-state index contributed by atoms with van der Waals surface area (Å²) in [6, 6.07) is 4.38. The summed E-state index contributed by atoms with van der Waals surface area (Å²) in [5, 5.41) is 2.09. The molecule has 1 atom stereocenters. The predicted octanol–water partition coefficient (Wildman–Crippen LogP) is 1.88. The normalized spacial score (nSPS) is 12.9. The number of nitrogens with two attached hydrogens (primary N) is 1. The van der Waals surface area contributed by atoms with E-state index < -0.39 is 0 Å².